The Kier molecular flexibility index (Phi) is 6.49. The van der Waals surface area contributed by atoms with Gasteiger partial charge >= 0.3 is 11.9 Å². The number of rotatable bonds is 5. The van der Waals surface area contributed by atoms with E-state index in [-0.39, 0.29) is 24.0 Å². The number of hydrogen-bond donors (Lipinski definition) is 0. The summed E-state index contributed by atoms with van der Waals surface area (Å²) in [5, 5.41) is 0. The number of nitrogens with zero attached hydrogens (tertiary/aromatic N) is 1. The van der Waals surface area contributed by atoms with Gasteiger partial charge < -0.3 is 14.2 Å². The molecule has 144 valence electrons. The molecule has 0 radical (unpaired) electrons. The van der Waals surface area contributed by atoms with Crippen molar-refractivity contribution < 1.29 is 28.3 Å². The van der Waals surface area contributed by atoms with Crippen molar-refractivity contribution in [2.75, 3.05) is 27.2 Å². The van der Waals surface area contributed by atoms with Gasteiger partial charge in [-0.05, 0) is 46.5 Å². The van der Waals surface area contributed by atoms with E-state index < -0.39 is 11.8 Å². The molecular formula is C19H34NO5+. The quantitative estimate of drug-likeness (QED) is 0.560. The lowest BCUT2D eigenvalue weighted by molar-refractivity contribution is -0.936. The molecule has 2 aliphatic rings. The molecule has 6 heteroatoms. The van der Waals surface area contributed by atoms with Crippen molar-refractivity contribution in [2.45, 2.75) is 77.2 Å². The van der Waals surface area contributed by atoms with Gasteiger partial charge in [0.25, 0.3) is 6.23 Å². The summed E-state index contributed by atoms with van der Waals surface area (Å²) < 4.78 is 17.4. The standard InChI is InChI=1S/C19H34NO5/c1-19(2,3)25-18(22)16(20(4)12-6-7-13-20)24-15-10-8-14(9-11-15)17(21)23-5/h14-16H,6-13H2,1-5H3/q+1. The Hall–Kier alpha value is -1.14. The first-order chi connectivity index (χ1) is 11.6. The maximum atomic E-state index is 12.8. The molecule has 1 saturated carbocycles. The minimum atomic E-state index is -0.582. The minimum absolute atomic E-state index is 0.00558. The van der Waals surface area contributed by atoms with Crippen LogP contribution in [0.3, 0.4) is 0 Å². The van der Waals surface area contributed by atoms with Crippen LogP contribution in [0.5, 0.6) is 0 Å². The van der Waals surface area contributed by atoms with Crippen molar-refractivity contribution in [3.8, 4) is 0 Å². The fourth-order valence-corrected chi connectivity index (χ4v) is 3.89. The highest BCUT2D eigenvalue weighted by Gasteiger charge is 2.46. The SMILES string of the molecule is COC(=O)C1CCC(OC(C(=O)OC(C)(C)C)[N+]2(C)CCCC2)CC1. The lowest BCUT2D eigenvalue weighted by atomic mass is 9.87. The van der Waals surface area contributed by atoms with Crippen molar-refractivity contribution in [2.24, 2.45) is 5.92 Å². The van der Waals surface area contributed by atoms with Crippen LogP contribution in [-0.2, 0) is 23.8 Å². The van der Waals surface area contributed by atoms with Crippen LogP contribution in [0.4, 0.5) is 0 Å². The summed E-state index contributed by atoms with van der Waals surface area (Å²) in [5.74, 6) is -0.450. The third kappa shape index (κ3) is 5.42. The molecule has 0 aromatic carbocycles. The first-order valence-corrected chi connectivity index (χ1v) is 9.45. The molecule has 25 heavy (non-hydrogen) atoms. The number of carbonyl (C=O) groups excluding carboxylic acids is 2. The number of likely N-dealkylation sites (tertiary alicyclic amines) is 1. The van der Waals surface area contributed by atoms with Crippen molar-refractivity contribution in [1.82, 2.24) is 0 Å². The predicted octanol–water partition coefficient (Wildman–Crippen LogP) is 2.64. The van der Waals surface area contributed by atoms with Crippen molar-refractivity contribution >= 4 is 11.9 Å². The van der Waals surface area contributed by atoms with Crippen LogP contribution in [0.25, 0.3) is 0 Å². The number of ether oxygens (including phenoxy) is 3. The Balaban J connectivity index is 2.02. The molecule has 1 unspecified atom stereocenters. The summed E-state index contributed by atoms with van der Waals surface area (Å²) in [5.41, 5.74) is -0.528. The average Bonchev–Trinajstić information content (AvgIpc) is 2.98. The van der Waals surface area contributed by atoms with E-state index >= 15 is 0 Å². The highest BCUT2D eigenvalue weighted by molar-refractivity contribution is 5.73. The maximum absolute atomic E-state index is 12.8. The molecule has 1 heterocycles. The monoisotopic (exact) mass is 356 g/mol. The minimum Gasteiger partial charge on any atom is -0.469 e. The first kappa shape index (κ1) is 20.2. The van der Waals surface area contributed by atoms with Crippen LogP contribution in [0, 0.1) is 5.92 Å². The second-order valence-electron chi connectivity index (χ2n) is 8.65. The number of likely N-dealkylation sites (N-methyl/N-ethyl adjacent to an activating group) is 1. The van der Waals surface area contributed by atoms with Gasteiger partial charge in [0.1, 0.15) is 5.60 Å². The Morgan fingerprint density at radius 1 is 1.04 bits per heavy atom. The second-order valence-corrected chi connectivity index (χ2v) is 8.65. The molecule has 2 rings (SSSR count). The van der Waals surface area contributed by atoms with E-state index in [1.54, 1.807) is 0 Å². The third-order valence-corrected chi connectivity index (χ3v) is 5.29. The van der Waals surface area contributed by atoms with Crippen LogP contribution in [0.1, 0.15) is 59.3 Å². The fourth-order valence-electron chi connectivity index (χ4n) is 3.89. The third-order valence-electron chi connectivity index (χ3n) is 5.29. The van der Waals surface area contributed by atoms with Crippen LogP contribution in [0.15, 0.2) is 0 Å². The number of quaternary nitrogens is 1. The van der Waals surface area contributed by atoms with E-state index in [4.69, 9.17) is 14.2 Å². The summed E-state index contributed by atoms with van der Waals surface area (Å²) in [6.07, 6.45) is 4.68. The molecular weight excluding hydrogens is 322 g/mol. The molecule has 6 nitrogen and oxygen atoms in total. The zero-order valence-electron chi connectivity index (χ0n) is 16.4. The van der Waals surface area contributed by atoms with Gasteiger partial charge in [0.05, 0.1) is 39.3 Å². The highest BCUT2D eigenvalue weighted by atomic mass is 16.6. The van der Waals surface area contributed by atoms with Crippen molar-refractivity contribution in [3.63, 3.8) is 0 Å². The summed E-state index contributed by atoms with van der Waals surface area (Å²) >= 11 is 0. The molecule has 2 fully saturated rings. The van der Waals surface area contributed by atoms with Gasteiger partial charge in [0.2, 0.25) is 0 Å². The number of carbonyl (C=O) groups is 2. The fraction of sp³-hybridized carbons (Fsp3) is 0.895. The molecule has 0 spiro atoms. The topological polar surface area (TPSA) is 61.8 Å². The Morgan fingerprint density at radius 3 is 2.08 bits per heavy atom. The second kappa shape index (κ2) is 8.04. The number of hydrogen-bond acceptors (Lipinski definition) is 5. The van der Waals surface area contributed by atoms with Crippen LogP contribution >= 0.6 is 0 Å². The van der Waals surface area contributed by atoms with Gasteiger partial charge in [0.15, 0.2) is 0 Å². The van der Waals surface area contributed by atoms with Gasteiger partial charge in [-0.3, -0.25) is 9.28 Å². The number of methoxy groups -OCH3 is 1. The summed E-state index contributed by atoms with van der Waals surface area (Å²) in [6.45, 7) is 7.51. The maximum Gasteiger partial charge on any atom is 0.395 e. The smallest absolute Gasteiger partial charge is 0.395 e. The van der Waals surface area contributed by atoms with E-state index in [0.717, 1.165) is 51.6 Å². The average molecular weight is 356 g/mol. The van der Waals surface area contributed by atoms with Crippen LogP contribution in [-0.4, -0.2) is 61.6 Å². The van der Waals surface area contributed by atoms with Gasteiger partial charge in [-0.15, -0.1) is 0 Å². The van der Waals surface area contributed by atoms with Crippen molar-refractivity contribution in [3.05, 3.63) is 0 Å². The Morgan fingerprint density at radius 2 is 1.60 bits per heavy atom. The zero-order chi connectivity index (χ0) is 18.7. The van der Waals surface area contributed by atoms with Crippen molar-refractivity contribution in [1.29, 1.82) is 0 Å². The van der Waals surface area contributed by atoms with E-state index in [2.05, 4.69) is 7.05 Å². The molecule has 1 atom stereocenters. The molecule has 0 amide bonds. The molecule has 1 saturated heterocycles. The van der Waals surface area contributed by atoms with E-state index in [1.807, 2.05) is 20.8 Å². The largest absolute Gasteiger partial charge is 0.469 e. The molecule has 1 aliphatic heterocycles. The van der Waals surface area contributed by atoms with Gasteiger partial charge in [-0.1, -0.05) is 0 Å². The predicted molar refractivity (Wildman–Crippen MR) is 93.6 cm³/mol. The lowest BCUT2D eigenvalue weighted by Gasteiger charge is -2.39. The lowest BCUT2D eigenvalue weighted by Crippen LogP contribution is -2.57. The summed E-state index contributed by atoms with van der Waals surface area (Å²) in [6, 6.07) is 0. The van der Waals surface area contributed by atoms with E-state index in [9.17, 15) is 9.59 Å². The van der Waals surface area contributed by atoms with Gasteiger partial charge in [0, 0.05) is 12.8 Å². The highest BCUT2D eigenvalue weighted by Crippen LogP contribution is 2.31. The molecule has 0 aromatic heterocycles. The van der Waals surface area contributed by atoms with Crippen LogP contribution in [0.2, 0.25) is 0 Å². The Bertz CT molecular complexity index is 471. The van der Waals surface area contributed by atoms with Gasteiger partial charge in [-0.25, -0.2) is 4.79 Å². The first-order valence-electron chi connectivity index (χ1n) is 9.45. The molecule has 1 aliphatic carbocycles. The summed E-state index contributed by atoms with van der Waals surface area (Å²) in [7, 11) is 3.52. The van der Waals surface area contributed by atoms with Gasteiger partial charge in [-0.2, -0.15) is 0 Å². The summed E-state index contributed by atoms with van der Waals surface area (Å²) in [4.78, 5) is 24.5. The van der Waals surface area contributed by atoms with Crippen LogP contribution < -0.4 is 0 Å². The van der Waals surface area contributed by atoms with E-state index in [0.29, 0.717) is 4.48 Å². The number of esters is 2. The molecule has 0 N–H and O–H groups in total. The zero-order valence-corrected chi connectivity index (χ0v) is 16.4. The molecule has 0 bridgehead atoms. The normalized spacial score (nSPS) is 27.6. The van der Waals surface area contributed by atoms with E-state index in [1.165, 1.54) is 7.11 Å². The Labute approximate surface area is 151 Å². The molecule has 0 aromatic rings.